The van der Waals surface area contributed by atoms with Crippen LogP contribution >= 0.6 is 11.8 Å². The van der Waals surface area contributed by atoms with Crippen molar-refractivity contribution in [3.05, 3.63) is 36.0 Å². The third-order valence-electron chi connectivity index (χ3n) is 3.33. The summed E-state index contributed by atoms with van der Waals surface area (Å²) in [5.74, 6) is 2.63. The number of nitrogens with one attached hydrogen (secondary N) is 2. The number of aromatic amines is 1. The number of aromatic nitrogens is 1. The second kappa shape index (κ2) is 4.52. The molecule has 1 aromatic heterocycles. The molecule has 0 spiro atoms. The van der Waals surface area contributed by atoms with Crippen molar-refractivity contribution in [2.24, 2.45) is 0 Å². The summed E-state index contributed by atoms with van der Waals surface area (Å²) in [5.41, 5.74) is 2.74. The lowest BCUT2D eigenvalue weighted by molar-refractivity contribution is -0.879. The second-order valence-corrected chi connectivity index (χ2v) is 5.52. The molecular weight excluding hydrogens is 216 g/mol. The van der Waals surface area contributed by atoms with Crippen LogP contribution in [-0.4, -0.2) is 29.7 Å². The first kappa shape index (κ1) is 10.2. The standard InChI is InChI=1S/C13H16N2S/c1-2-4-13-12(3-1)11(9-14-13)5-6-15-7-8-16-10-15/h1-4,9,14H,5-8,10H2/p+1. The van der Waals surface area contributed by atoms with Crippen LogP contribution in [0.5, 0.6) is 0 Å². The zero-order valence-corrected chi connectivity index (χ0v) is 10.1. The van der Waals surface area contributed by atoms with E-state index in [1.165, 1.54) is 47.6 Å². The van der Waals surface area contributed by atoms with Crippen LogP contribution in [0.3, 0.4) is 0 Å². The average Bonchev–Trinajstić information content (AvgIpc) is 2.96. The average molecular weight is 233 g/mol. The Hall–Kier alpha value is -0.930. The summed E-state index contributed by atoms with van der Waals surface area (Å²) in [5, 5.41) is 1.40. The van der Waals surface area contributed by atoms with Crippen molar-refractivity contribution in [2.45, 2.75) is 6.42 Å². The SMILES string of the molecule is c1ccc2c(CC[NH+]3CCSC3)c[nH]c2c1. The summed E-state index contributed by atoms with van der Waals surface area (Å²) < 4.78 is 0. The Morgan fingerprint density at radius 1 is 1.31 bits per heavy atom. The van der Waals surface area contributed by atoms with E-state index >= 15 is 0 Å². The maximum absolute atomic E-state index is 3.35. The largest absolute Gasteiger partial charge is 0.361 e. The number of quaternary nitrogens is 1. The molecule has 1 unspecified atom stereocenters. The minimum absolute atomic E-state index is 1.19. The summed E-state index contributed by atoms with van der Waals surface area (Å²) in [6.07, 6.45) is 3.37. The van der Waals surface area contributed by atoms with Crippen LogP contribution in [0.2, 0.25) is 0 Å². The first-order valence-electron chi connectivity index (χ1n) is 5.90. The van der Waals surface area contributed by atoms with Crippen LogP contribution in [-0.2, 0) is 6.42 Å². The number of benzene rings is 1. The molecule has 0 radical (unpaired) electrons. The van der Waals surface area contributed by atoms with E-state index in [4.69, 9.17) is 0 Å². The first-order valence-corrected chi connectivity index (χ1v) is 7.05. The Morgan fingerprint density at radius 3 is 3.12 bits per heavy atom. The van der Waals surface area contributed by atoms with Gasteiger partial charge in [0.2, 0.25) is 0 Å². The number of thioether (sulfide) groups is 1. The highest BCUT2D eigenvalue weighted by atomic mass is 32.2. The molecule has 1 saturated heterocycles. The molecule has 1 aliphatic heterocycles. The molecule has 2 N–H and O–H groups in total. The van der Waals surface area contributed by atoms with Gasteiger partial charge in [0.25, 0.3) is 0 Å². The van der Waals surface area contributed by atoms with Gasteiger partial charge in [0.15, 0.2) is 0 Å². The van der Waals surface area contributed by atoms with Gasteiger partial charge in [-0.05, 0) is 11.6 Å². The van der Waals surface area contributed by atoms with Crippen LogP contribution < -0.4 is 4.90 Å². The summed E-state index contributed by atoms with van der Waals surface area (Å²) in [4.78, 5) is 5.09. The summed E-state index contributed by atoms with van der Waals surface area (Å²) in [6.45, 7) is 2.61. The lowest BCUT2D eigenvalue weighted by Gasteiger charge is -2.10. The molecule has 0 amide bonds. The highest BCUT2D eigenvalue weighted by Crippen LogP contribution is 2.17. The Balaban J connectivity index is 1.73. The molecule has 2 nitrogen and oxygen atoms in total. The van der Waals surface area contributed by atoms with Crippen LogP contribution in [0.25, 0.3) is 10.9 Å². The molecule has 0 aliphatic carbocycles. The van der Waals surface area contributed by atoms with Crippen molar-refractivity contribution < 1.29 is 4.90 Å². The maximum atomic E-state index is 3.35. The molecule has 1 aromatic carbocycles. The molecule has 0 bridgehead atoms. The fourth-order valence-corrected chi connectivity index (χ4v) is 3.51. The first-order chi connectivity index (χ1) is 7.93. The van der Waals surface area contributed by atoms with Crippen molar-refractivity contribution in [1.29, 1.82) is 0 Å². The minimum atomic E-state index is 1.19. The van der Waals surface area contributed by atoms with Gasteiger partial charge in [0, 0.05) is 29.3 Å². The predicted octanol–water partition coefficient (Wildman–Crippen LogP) is 1.30. The Morgan fingerprint density at radius 2 is 2.25 bits per heavy atom. The van der Waals surface area contributed by atoms with E-state index in [0.29, 0.717) is 0 Å². The number of H-pyrrole nitrogens is 1. The monoisotopic (exact) mass is 233 g/mol. The Labute approximate surface area is 100 Å². The number of para-hydroxylation sites is 1. The molecule has 1 fully saturated rings. The highest BCUT2D eigenvalue weighted by Gasteiger charge is 2.15. The normalized spacial score (nSPS) is 20.6. The highest BCUT2D eigenvalue weighted by molar-refractivity contribution is 7.99. The zero-order chi connectivity index (χ0) is 10.8. The Kier molecular flexibility index (Phi) is 2.89. The fraction of sp³-hybridized carbons (Fsp3) is 0.385. The molecule has 3 heteroatoms. The van der Waals surface area contributed by atoms with E-state index in [-0.39, 0.29) is 0 Å². The van der Waals surface area contributed by atoms with Crippen LogP contribution in [0.15, 0.2) is 30.5 Å². The van der Waals surface area contributed by atoms with Crippen LogP contribution in [0.1, 0.15) is 5.56 Å². The maximum Gasteiger partial charge on any atom is 0.124 e. The van der Waals surface area contributed by atoms with Gasteiger partial charge in [-0.15, -0.1) is 0 Å². The molecule has 3 rings (SSSR count). The lowest BCUT2D eigenvalue weighted by atomic mass is 10.1. The Bertz CT molecular complexity index is 471. The molecular formula is C13H17N2S+. The molecule has 1 atom stereocenters. The van der Waals surface area contributed by atoms with Crippen molar-refractivity contribution >= 4 is 22.7 Å². The third kappa shape index (κ3) is 1.97. The van der Waals surface area contributed by atoms with E-state index in [0.717, 1.165) is 0 Å². The van der Waals surface area contributed by atoms with Gasteiger partial charge in [0.05, 0.1) is 13.1 Å². The van der Waals surface area contributed by atoms with Gasteiger partial charge in [-0.25, -0.2) is 0 Å². The number of hydrogen-bond acceptors (Lipinski definition) is 1. The smallest absolute Gasteiger partial charge is 0.124 e. The van der Waals surface area contributed by atoms with Crippen molar-refractivity contribution in [3.8, 4) is 0 Å². The van der Waals surface area contributed by atoms with Gasteiger partial charge in [-0.3, -0.25) is 0 Å². The third-order valence-corrected chi connectivity index (χ3v) is 4.43. The number of fused-ring (bicyclic) bond motifs is 1. The molecule has 1 aliphatic rings. The molecule has 84 valence electrons. The van der Waals surface area contributed by atoms with Gasteiger partial charge in [-0.2, -0.15) is 0 Å². The fourth-order valence-electron chi connectivity index (χ4n) is 2.35. The van der Waals surface area contributed by atoms with E-state index in [1.54, 1.807) is 4.90 Å². The molecule has 16 heavy (non-hydrogen) atoms. The van der Waals surface area contributed by atoms with Crippen molar-refractivity contribution in [3.63, 3.8) is 0 Å². The molecule has 2 heterocycles. The van der Waals surface area contributed by atoms with Crippen LogP contribution in [0, 0.1) is 0 Å². The van der Waals surface area contributed by atoms with Gasteiger partial charge >= 0.3 is 0 Å². The van der Waals surface area contributed by atoms with Crippen molar-refractivity contribution in [2.75, 3.05) is 24.7 Å². The lowest BCUT2D eigenvalue weighted by Crippen LogP contribution is -3.10. The van der Waals surface area contributed by atoms with E-state index < -0.39 is 0 Å². The number of hydrogen-bond donors (Lipinski definition) is 2. The summed E-state index contributed by atoms with van der Waals surface area (Å²) in [7, 11) is 0. The van der Waals surface area contributed by atoms with E-state index in [9.17, 15) is 0 Å². The summed E-state index contributed by atoms with van der Waals surface area (Å²) >= 11 is 2.08. The topological polar surface area (TPSA) is 20.2 Å². The van der Waals surface area contributed by atoms with Gasteiger partial charge in [-0.1, -0.05) is 30.0 Å². The second-order valence-electron chi connectivity index (χ2n) is 4.41. The minimum Gasteiger partial charge on any atom is -0.361 e. The van der Waals surface area contributed by atoms with Gasteiger partial charge < -0.3 is 9.88 Å². The zero-order valence-electron chi connectivity index (χ0n) is 9.33. The molecule has 0 saturated carbocycles. The van der Waals surface area contributed by atoms with E-state index in [1.807, 2.05) is 0 Å². The van der Waals surface area contributed by atoms with Crippen LogP contribution in [0.4, 0.5) is 0 Å². The van der Waals surface area contributed by atoms with Gasteiger partial charge in [0.1, 0.15) is 5.88 Å². The number of rotatable bonds is 3. The van der Waals surface area contributed by atoms with E-state index in [2.05, 4.69) is 47.2 Å². The van der Waals surface area contributed by atoms with Crippen molar-refractivity contribution in [1.82, 2.24) is 4.98 Å². The predicted molar refractivity (Wildman–Crippen MR) is 70.0 cm³/mol. The summed E-state index contributed by atoms with van der Waals surface area (Å²) in [6, 6.07) is 8.58. The quantitative estimate of drug-likeness (QED) is 0.819. The molecule has 2 aromatic rings.